The first-order chi connectivity index (χ1) is 42.5. The summed E-state index contributed by atoms with van der Waals surface area (Å²) < 4.78 is 6.84. The maximum Gasteiger partial charge on any atom is 0.277 e. The van der Waals surface area contributed by atoms with Crippen LogP contribution in [0.1, 0.15) is 176 Å². The molecule has 0 aromatic heterocycles. The summed E-state index contributed by atoms with van der Waals surface area (Å²) in [6.45, 7) is 33.2. The van der Waals surface area contributed by atoms with Crippen molar-refractivity contribution < 1.29 is 62.6 Å². The maximum atomic E-state index is 16.1. The molecule has 1 aliphatic heterocycles. The fourth-order valence-electron chi connectivity index (χ4n) is 11.5. The Morgan fingerprint density at radius 1 is 0.554 bits per heavy atom. The minimum absolute atomic E-state index is 0.0138. The molecule has 1 rings (SSSR count). The Labute approximate surface area is 551 Å². The van der Waals surface area contributed by atoms with Gasteiger partial charge in [0.1, 0.15) is 60.6 Å². The largest absolute Gasteiger partial charge is 0.390 e. The molecular formula is C67H122N12O13. The number of carbonyl (C=O) groups excluding carboxylic acids is 11. The maximum absolute atomic E-state index is 16.1. The van der Waals surface area contributed by atoms with Crippen LogP contribution in [0.5, 0.6) is 0 Å². The number of hydrogen-bond acceptors (Lipinski definition) is 14. The van der Waals surface area contributed by atoms with Gasteiger partial charge in [0.2, 0.25) is 64.8 Å². The summed E-state index contributed by atoms with van der Waals surface area (Å²) in [4.78, 5) is 172. The lowest BCUT2D eigenvalue weighted by Gasteiger charge is -2.49. The number of rotatable bonds is 20. The molecule has 1 aliphatic rings. The van der Waals surface area contributed by atoms with Gasteiger partial charge in [-0.1, -0.05) is 116 Å². The van der Waals surface area contributed by atoms with Crippen molar-refractivity contribution in [2.24, 2.45) is 41.4 Å². The van der Waals surface area contributed by atoms with Crippen molar-refractivity contribution in [1.29, 1.82) is 0 Å². The molecule has 25 heteroatoms. The summed E-state index contributed by atoms with van der Waals surface area (Å²) >= 11 is 0. The molecule has 0 saturated carbocycles. The Bertz CT molecular complexity index is 2510. The Hall–Kier alpha value is -6.21. The van der Waals surface area contributed by atoms with E-state index in [0.717, 1.165) is 14.7 Å². The highest BCUT2D eigenvalue weighted by Gasteiger charge is 2.56. The molecule has 0 radical (unpaired) electrons. The SMILES string of the molecule is C/C=C/C[C@@H](C)[C@@H](O)[C@H]1C(=O)N[C@@H](CC)C(=O)N(C)CC(=O)N(C)[C@@H](CC(C)C)C(=O)N[C@@H](C(C)C)C(=O)N(C)[C@@H](CC(C)C)C(=O)N[C@@H](C)C(=O)N[C@H](C)C(=O)N(C)[C@@H](CC(C)C)C(=O)N(C)[C@@H](CC(C)C)C(=O)N(C)[C@](OC(C)NCCC)(C(C)C)C(=O)N1C. The third kappa shape index (κ3) is 22.8. The van der Waals surface area contributed by atoms with Gasteiger partial charge in [0.25, 0.3) is 5.91 Å². The Morgan fingerprint density at radius 2 is 1.01 bits per heavy atom. The van der Waals surface area contributed by atoms with Crippen LogP contribution in [0.25, 0.3) is 0 Å². The zero-order chi connectivity index (χ0) is 71.3. The zero-order valence-electron chi connectivity index (χ0n) is 60.9. The lowest BCUT2D eigenvalue weighted by atomic mass is 9.89. The van der Waals surface area contributed by atoms with Crippen molar-refractivity contribution in [3.8, 4) is 0 Å². The minimum atomic E-state index is -2.28. The molecule has 1 saturated heterocycles. The minimum Gasteiger partial charge on any atom is -0.390 e. The summed E-state index contributed by atoms with van der Waals surface area (Å²) in [5.41, 5.74) is -2.28. The molecule has 6 N–H and O–H groups in total. The van der Waals surface area contributed by atoms with Gasteiger partial charge in [0.05, 0.1) is 12.6 Å². The van der Waals surface area contributed by atoms with E-state index in [1.54, 1.807) is 67.5 Å². The predicted octanol–water partition coefficient (Wildman–Crippen LogP) is 3.96. The smallest absolute Gasteiger partial charge is 0.277 e. The molecule has 0 spiro atoms. The number of aliphatic hydroxyl groups is 1. The van der Waals surface area contributed by atoms with E-state index in [4.69, 9.17) is 4.74 Å². The van der Waals surface area contributed by atoms with Crippen LogP contribution < -0.4 is 26.6 Å². The topological polar surface area (TPSA) is 300 Å². The second kappa shape index (κ2) is 38.2. The van der Waals surface area contributed by atoms with Crippen molar-refractivity contribution in [3.63, 3.8) is 0 Å². The first-order valence-electron chi connectivity index (χ1n) is 33.3. The average Bonchev–Trinajstić information content (AvgIpc) is 0.761. The third-order valence-electron chi connectivity index (χ3n) is 17.4. The van der Waals surface area contributed by atoms with Gasteiger partial charge in [-0.3, -0.25) is 58.1 Å². The van der Waals surface area contributed by atoms with Gasteiger partial charge >= 0.3 is 0 Å². The van der Waals surface area contributed by atoms with E-state index in [1.165, 1.54) is 82.8 Å². The number of allylic oxidation sites excluding steroid dienone is 2. The molecule has 92 heavy (non-hydrogen) atoms. The van der Waals surface area contributed by atoms with Gasteiger partial charge < -0.3 is 65.4 Å². The van der Waals surface area contributed by atoms with Gasteiger partial charge in [-0.2, -0.15) is 0 Å². The van der Waals surface area contributed by atoms with E-state index >= 15 is 19.2 Å². The summed E-state index contributed by atoms with van der Waals surface area (Å²) in [7, 11) is 9.80. The Balaban J connectivity index is 4.59. The average molecular weight is 1300 g/mol. The van der Waals surface area contributed by atoms with Crippen molar-refractivity contribution in [2.75, 3.05) is 62.4 Å². The van der Waals surface area contributed by atoms with E-state index in [1.807, 2.05) is 62.3 Å². The molecular weight excluding hydrogens is 1180 g/mol. The number of hydrogen-bond donors (Lipinski definition) is 6. The molecule has 1 heterocycles. The van der Waals surface area contributed by atoms with Crippen LogP contribution in [-0.4, -0.2) is 239 Å². The van der Waals surface area contributed by atoms with Gasteiger partial charge in [-0.25, -0.2) is 0 Å². The van der Waals surface area contributed by atoms with E-state index < -0.39 is 162 Å². The van der Waals surface area contributed by atoms with Crippen molar-refractivity contribution >= 4 is 65.0 Å². The predicted molar refractivity (Wildman–Crippen MR) is 356 cm³/mol. The normalized spacial score (nSPS) is 26.9. The lowest BCUT2D eigenvalue weighted by molar-refractivity contribution is -0.222. The second-order valence-corrected chi connectivity index (χ2v) is 27.9. The fourth-order valence-corrected chi connectivity index (χ4v) is 11.5. The number of likely N-dealkylation sites (N-methyl/N-ethyl adjacent to an activating group) is 7. The molecule has 0 aromatic rings. The van der Waals surface area contributed by atoms with Crippen molar-refractivity contribution in [3.05, 3.63) is 12.2 Å². The zero-order valence-corrected chi connectivity index (χ0v) is 60.9. The van der Waals surface area contributed by atoms with Crippen LogP contribution in [0, 0.1) is 41.4 Å². The van der Waals surface area contributed by atoms with E-state index in [2.05, 4.69) is 26.6 Å². The molecule has 528 valence electrons. The first kappa shape index (κ1) is 83.8. The molecule has 1 fully saturated rings. The highest BCUT2D eigenvalue weighted by atomic mass is 16.5. The van der Waals surface area contributed by atoms with E-state index in [0.29, 0.717) is 13.0 Å². The van der Waals surface area contributed by atoms with Crippen LogP contribution in [0.2, 0.25) is 0 Å². The number of nitrogens with zero attached hydrogens (tertiary/aromatic N) is 7. The standard InChI is InChI=1S/C67H122N12O13/c1-27-30-31-44(16)56(81)55-60(85)71-48(29-3)62(87)73(20)37-53(80)74(21)49(33-38(4)5)59(84)72-54(42(12)13)65(90)75(22)50(34-39(6)7)58(83)69-45(17)57(82)70-46(18)61(86)76(23)51(35-40(8)9)63(88)77(24)52(36-41(10)11)64(89)79(26)67(43(14)15,66(91)78(55)25)92-47(19)68-32-28-2/h27,30,38-52,54-56,68,81H,28-29,31-37H2,1-26H3,(H,69,83)(H,70,82)(H,71,85)(H,72,84)/b30-27+/t44-,45+,46-,47?,48+,49+,50+,51+,52+,54+,55+,56-,67+/m1/s1. The van der Waals surface area contributed by atoms with Crippen LogP contribution >= 0.6 is 0 Å². The molecule has 25 nitrogen and oxygen atoms in total. The van der Waals surface area contributed by atoms with Crippen LogP contribution in [0.15, 0.2) is 12.2 Å². The Morgan fingerprint density at radius 3 is 1.48 bits per heavy atom. The van der Waals surface area contributed by atoms with Gasteiger partial charge in [0.15, 0.2) is 0 Å². The van der Waals surface area contributed by atoms with Crippen molar-refractivity contribution in [2.45, 2.75) is 249 Å². The molecule has 0 aromatic carbocycles. The van der Waals surface area contributed by atoms with Gasteiger partial charge in [-0.15, -0.1) is 0 Å². The highest BCUT2D eigenvalue weighted by Crippen LogP contribution is 2.34. The Kier molecular flexibility index (Phi) is 34.8. The summed E-state index contributed by atoms with van der Waals surface area (Å²) in [5, 5.41) is 26.7. The van der Waals surface area contributed by atoms with Crippen LogP contribution in [0.3, 0.4) is 0 Å². The fraction of sp³-hybridized carbons (Fsp3) is 0.806. The lowest BCUT2D eigenvalue weighted by Crippen LogP contribution is -2.71. The van der Waals surface area contributed by atoms with Crippen molar-refractivity contribution in [1.82, 2.24) is 60.9 Å². The number of amides is 11. The number of aliphatic hydroxyl groups excluding tert-OH is 1. The molecule has 0 bridgehead atoms. The summed E-state index contributed by atoms with van der Waals surface area (Å²) in [6, 6.07) is -11.5. The second-order valence-electron chi connectivity index (χ2n) is 27.9. The first-order valence-corrected chi connectivity index (χ1v) is 33.3. The highest BCUT2D eigenvalue weighted by molar-refractivity contribution is 6.00. The van der Waals surface area contributed by atoms with E-state index in [9.17, 15) is 38.7 Å². The summed E-state index contributed by atoms with van der Waals surface area (Å²) in [6.07, 6.45) is 2.46. The number of nitrogens with one attached hydrogen (secondary N) is 5. The van der Waals surface area contributed by atoms with Crippen LogP contribution in [0.4, 0.5) is 0 Å². The quantitative estimate of drug-likeness (QED) is 0.0743. The molecule has 13 atom stereocenters. The monoisotopic (exact) mass is 1300 g/mol. The van der Waals surface area contributed by atoms with Gasteiger partial charge in [0, 0.05) is 55.3 Å². The molecule has 1 unspecified atom stereocenters. The van der Waals surface area contributed by atoms with E-state index in [-0.39, 0.29) is 62.2 Å². The molecule has 11 amide bonds. The van der Waals surface area contributed by atoms with Gasteiger partial charge in [-0.05, 0) is 115 Å². The summed E-state index contributed by atoms with van der Waals surface area (Å²) in [5.74, 6) is -10.8. The van der Waals surface area contributed by atoms with Crippen LogP contribution in [-0.2, 0) is 57.5 Å². The number of ether oxygens (including phenoxy) is 1. The third-order valence-corrected chi connectivity index (χ3v) is 17.4. The molecule has 0 aliphatic carbocycles. The number of carbonyl (C=O) groups is 11.